The van der Waals surface area contributed by atoms with Crippen molar-refractivity contribution in [2.45, 2.75) is 78.5 Å². The maximum absolute atomic E-state index is 6.34. The molecule has 1 rings (SSSR count). The van der Waals surface area contributed by atoms with Gasteiger partial charge in [0.25, 0.3) is 0 Å². The Morgan fingerprint density at radius 3 is 2.35 bits per heavy atom. The van der Waals surface area contributed by atoms with Gasteiger partial charge in [-0.1, -0.05) is 34.6 Å². The van der Waals surface area contributed by atoms with Crippen molar-refractivity contribution in [1.82, 2.24) is 0 Å². The third kappa shape index (κ3) is 4.55. The molecule has 0 aromatic carbocycles. The Balaban J connectivity index is 2.60. The van der Waals surface area contributed by atoms with Crippen LogP contribution in [0.15, 0.2) is 0 Å². The molecule has 1 aliphatic heterocycles. The fraction of sp³-hybridized carbons (Fsp3) is 1.00. The lowest BCUT2D eigenvalue weighted by molar-refractivity contribution is -0.300. The third-order valence-corrected chi connectivity index (χ3v) is 9.25. The lowest BCUT2D eigenvalue weighted by Crippen LogP contribution is -2.49. The van der Waals surface area contributed by atoms with Crippen LogP contribution < -0.4 is 0 Å². The monoisotopic (exact) mass is 302 g/mol. The maximum atomic E-state index is 6.34. The molecule has 0 unspecified atom stereocenters. The Labute approximate surface area is 126 Å². The summed E-state index contributed by atoms with van der Waals surface area (Å²) in [6, 6.07) is 0. The summed E-state index contributed by atoms with van der Waals surface area (Å²) in [5.41, 5.74) is 0. The van der Waals surface area contributed by atoms with Gasteiger partial charge in [0.2, 0.25) is 0 Å². The van der Waals surface area contributed by atoms with Crippen LogP contribution in [0.1, 0.15) is 48.5 Å². The summed E-state index contributed by atoms with van der Waals surface area (Å²) in [5.74, 6) is 0.339. The van der Waals surface area contributed by atoms with Crippen LogP contribution in [0.3, 0.4) is 0 Å². The third-order valence-electron chi connectivity index (χ3n) is 4.75. The average molecular weight is 303 g/mol. The molecular formula is C16H34O3Si. The molecule has 4 heteroatoms. The fourth-order valence-corrected chi connectivity index (χ4v) is 3.35. The molecule has 0 bridgehead atoms. The topological polar surface area (TPSA) is 27.7 Å². The van der Waals surface area contributed by atoms with E-state index in [9.17, 15) is 0 Å². The Hall–Kier alpha value is 0.0969. The number of hydrogen-bond donors (Lipinski definition) is 0. The average Bonchev–Trinajstić information content (AvgIpc) is 2.28. The van der Waals surface area contributed by atoms with Crippen molar-refractivity contribution in [2.75, 3.05) is 13.2 Å². The Morgan fingerprint density at radius 1 is 1.30 bits per heavy atom. The molecule has 0 aromatic rings. The number of hydrogen-bond acceptors (Lipinski definition) is 3. The molecule has 0 amide bonds. The first kappa shape index (κ1) is 18.1. The van der Waals surface area contributed by atoms with E-state index in [1.807, 2.05) is 13.8 Å². The summed E-state index contributed by atoms with van der Waals surface area (Å²) in [6.07, 6.45) is 0.212. The predicted octanol–water partition coefficient (Wildman–Crippen LogP) is 4.43. The minimum atomic E-state index is -1.68. The van der Waals surface area contributed by atoms with Gasteiger partial charge >= 0.3 is 0 Å². The molecule has 1 saturated heterocycles. The van der Waals surface area contributed by atoms with Crippen LogP contribution in [0.4, 0.5) is 0 Å². The molecule has 0 saturated carbocycles. The molecule has 0 radical (unpaired) electrons. The number of ether oxygens (including phenoxy) is 2. The summed E-state index contributed by atoms with van der Waals surface area (Å²) >= 11 is 0. The highest BCUT2D eigenvalue weighted by Gasteiger charge is 2.40. The molecule has 0 spiro atoms. The zero-order chi connectivity index (χ0) is 15.8. The zero-order valence-electron chi connectivity index (χ0n) is 14.9. The van der Waals surface area contributed by atoms with Crippen LogP contribution in [0, 0.1) is 11.8 Å². The summed E-state index contributed by atoms with van der Waals surface area (Å²) in [6.45, 7) is 21.4. The van der Waals surface area contributed by atoms with E-state index < -0.39 is 14.1 Å². The Kier molecular flexibility index (Phi) is 5.51. The minimum Gasteiger partial charge on any atom is -0.416 e. The molecule has 1 heterocycles. The predicted molar refractivity (Wildman–Crippen MR) is 86.4 cm³/mol. The molecule has 20 heavy (non-hydrogen) atoms. The summed E-state index contributed by atoms with van der Waals surface area (Å²) < 4.78 is 18.2. The molecule has 0 aliphatic carbocycles. The molecule has 0 aromatic heterocycles. The van der Waals surface area contributed by atoms with Crippen molar-refractivity contribution in [1.29, 1.82) is 0 Å². The fourth-order valence-electron chi connectivity index (χ4n) is 2.23. The van der Waals surface area contributed by atoms with Crippen molar-refractivity contribution in [3.8, 4) is 0 Å². The van der Waals surface area contributed by atoms with E-state index >= 15 is 0 Å². The molecule has 0 N–H and O–H groups in total. The quantitative estimate of drug-likeness (QED) is 0.719. The van der Waals surface area contributed by atoms with E-state index in [0.717, 1.165) is 13.2 Å². The van der Waals surface area contributed by atoms with Crippen molar-refractivity contribution >= 4 is 8.32 Å². The zero-order valence-corrected chi connectivity index (χ0v) is 15.9. The summed E-state index contributed by atoms with van der Waals surface area (Å²) in [7, 11) is -1.68. The molecular weight excluding hydrogens is 268 g/mol. The molecule has 3 atom stereocenters. The van der Waals surface area contributed by atoms with E-state index in [4.69, 9.17) is 13.9 Å². The second-order valence-electron chi connectivity index (χ2n) is 8.32. The first-order valence-corrected chi connectivity index (χ1v) is 10.7. The maximum Gasteiger partial charge on any atom is 0.191 e. The van der Waals surface area contributed by atoms with E-state index in [1.54, 1.807) is 0 Å². The van der Waals surface area contributed by atoms with Gasteiger partial charge in [-0.15, -0.1) is 0 Å². The summed E-state index contributed by atoms with van der Waals surface area (Å²) in [4.78, 5) is 0. The van der Waals surface area contributed by atoms with Gasteiger partial charge in [-0.05, 0) is 32.0 Å². The van der Waals surface area contributed by atoms with Crippen LogP contribution in [-0.4, -0.2) is 33.4 Å². The molecule has 120 valence electrons. The minimum absolute atomic E-state index is 0.212. The number of rotatable bonds is 4. The first-order valence-electron chi connectivity index (χ1n) is 7.81. The van der Waals surface area contributed by atoms with Crippen LogP contribution in [0.2, 0.25) is 18.1 Å². The summed E-state index contributed by atoms with van der Waals surface area (Å²) in [5, 5.41) is 0.258. The SMILES string of the molecule is C[C@H](CO[Si](C)(C)C(C)(C)C)[C@@H]1OC(C)(C)OC[C@@H]1C. The highest BCUT2D eigenvalue weighted by molar-refractivity contribution is 6.74. The molecule has 1 fully saturated rings. The Morgan fingerprint density at radius 2 is 1.85 bits per heavy atom. The standard InChI is InChI=1S/C16H34O3Si/c1-12-10-17-16(6,7)19-14(12)13(2)11-18-20(8,9)15(3,4)5/h12-14H,10-11H2,1-9H3/t12-,13+,14+/m0/s1. The lowest BCUT2D eigenvalue weighted by atomic mass is 9.93. The largest absolute Gasteiger partial charge is 0.416 e. The second kappa shape index (κ2) is 6.07. The van der Waals surface area contributed by atoms with Gasteiger partial charge in [0.1, 0.15) is 0 Å². The smallest absolute Gasteiger partial charge is 0.191 e. The van der Waals surface area contributed by atoms with E-state index in [2.05, 4.69) is 47.7 Å². The van der Waals surface area contributed by atoms with Gasteiger partial charge in [0, 0.05) is 18.4 Å². The first-order chi connectivity index (χ1) is 8.86. The second-order valence-corrected chi connectivity index (χ2v) is 13.1. The van der Waals surface area contributed by atoms with Crippen LogP contribution in [0.25, 0.3) is 0 Å². The van der Waals surface area contributed by atoms with Gasteiger partial charge < -0.3 is 13.9 Å². The van der Waals surface area contributed by atoms with Crippen molar-refractivity contribution in [3.05, 3.63) is 0 Å². The van der Waals surface area contributed by atoms with Gasteiger partial charge in [-0.3, -0.25) is 0 Å². The van der Waals surface area contributed by atoms with E-state index in [-0.39, 0.29) is 11.1 Å². The molecule has 1 aliphatic rings. The van der Waals surface area contributed by atoms with Crippen LogP contribution in [0.5, 0.6) is 0 Å². The van der Waals surface area contributed by atoms with Crippen molar-refractivity contribution in [2.24, 2.45) is 11.8 Å². The van der Waals surface area contributed by atoms with E-state index in [0.29, 0.717) is 11.8 Å². The van der Waals surface area contributed by atoms with Crippen LogP contribution >= 0.6 is 0 Å². The normalized spacial score (nSPS) is 29.2. The van der Waals surface area contributed by atoms with Gasteiger partial charge in [0.05, 0.1) is 12.7 Å². The highest BCUT2D eigenvalue weighted by atomic mass is 28.4. The van der Waals surface area contributed by atoms with Gasteiger partial charge in [-0.25, -0.2) is 0 Å². The molecule has 3 nitrogen and oxygen atoms in total. The van der Waals surface area contributed by atoms with Crippen molar-refractivity contribution in [3.63, 3.8) is 0 Å². The highest BCUT2D eigenvalue weighted by Crippen LogP contribution is 2.37. The van der Waals surface area contributed by atoms with Gasteiger partial charge in [0.15, 0.2) is 14.1 Å². The van der Waals surface area contributed by atoms with E-state index in [1.165, 1.54) is 0 Å². The Bertz CT molecular complexity index is 320. The van der Waals surface area contributed by atoms with Gasteiger partial charge in [-0.2, -0.15) is 0 Å². The van der Waals surface area contributed by atoms with Crippen LogP contribution in [-0.2, 0) is 13.9 Å². The lowest BCUT2D eigenvalue weighted by Gasteiger charge is -2.43. The van der Waals surface area contributed by atoms with Crippen molar-refractivity contribution < 1.29 is 13.9 Å².